The molecule has 1 saturated heterocycles. The molecule has 2 aromatic carbocycles. The van der Waals surface area contributed by atoms with Gasteiger partial charge < -0.3 is 5.11 Å². The van der Waals surface area contributed by atoms with E-state index in [0.29, 0.717) is 29.7 Å². The van der Waals surface area contributed by atoms with Gasteiger partial charge in [-0.15, -0.1) is 11.3 Å². The highest BCUT2D eigenvalue weighted by Crippen LogP contribution is 2.47. The molecule has 0 amide bonds. The van der Waals surface area contributed by atoms with E-state index < -0.39 is 27.0 Å². The second kappa shape index (κ2) is 7.39. The topological polar surface area (TPSA) is 88.5 Å². The van der Waals surface area contributed by atoms with Gasteiger partial charge in [0.2, 0.25) is 0 Å². The SMILES string of the molecule is O=Cc1ccc2cc(-c3ccc([C@@]4(CC(=O)O)CCCCS4(=O)=O)s3)ccc2c1. The summed E-state index contributed by atoms with van der Waals surface area (Å²) in [6.07, 6.45) is 2.03. The van der Waals surface area contributed by atoms with Crippen molar-refractivity contribution in [2.45, 2.75) is 30.4 Å². The lowest BCUT2D eigenvalue weighted by Crippen LogP contribution is -2.41. The number of carbonyl (C=O) groups is 2. The average molecular weight is 429 g/mol. The lowest BCUT2D eigenvalue weighted by atomic mass is 9.95. The third-order valence-electron chi connectivity index (χ3n) is 5.62. The van der Waals surface area contributed by atoms with Crippen molar-refractivity contribution in [1.29, 1.82) is 0 Å². The molecule has 1 aliphatic heterocycles. The summed E-state index contributed by atoms with van der Waals surface area (Å²) in [4.78, 5) is 24.0. The Morgan fingerprint density at radius 3 is 2.55 bits per heavy atom. The van der Waals surface area contributed by atoms with Gasteiger partial charge in [0.15, 0.2) is 9.84 Å². The Balaban J connectivity index is 1.77. The summed E-state index contributed by atoms with van der Waals surface area (Å²) >= 11 is 1.35. The second-order valence-electron chi connectivity index (χ2n) is 7.44. The van der Waals surface area contributed by atoms with Crippen LogP contribution in [0, 0.1) is 0 Å². The zero-order valence-electron chi connectivity index (χ0n) is 15.6. The summed E-state index contributed by atoms with van der Waals surface area (Å²) in [5.74, 6) is -1.06. The first kappa shape index (κ1) is 19.8. The van der Waals surface area contributed by atoms with Gasteiger partial charge in [0, 0.05) is 15.3 Å². The lowest BCUT2D eigenvalue weighted by Gasteiger charge is -2.34. The van der Waals surface area contributed by atoms with Gasteiger partial charge in [0.25, 0.3) is 0 Å². The molecular weight excluding hydrogens is 408 g/mol. The van der Waals surface area contributed by atoms with E-state index in [9.17, 15) is 23.1 Å². The van der Waals surface area contributed by atoms with Gasteiger partial charge in [0.05, 0.1) is 12.2 Å². The third-order valence-corrected chi connectivity index (χ3v) is 9.67. The number of carboxylic acid groups (broad SMARTS) is 1. The maximum Gasteiger partial charge on any atom is 0.305 e. The van der Waals surface area contributed by atoms with E-state index in [1.165, 1.54) is 11.3 Å². The maximum absolute atomic E-state index is 12.9. The molecule has 1 atom stereocenters. The number of fused-ring (bicyclic) bond motifs is 1. The van der Waals surface area contributed by atoms with E-state index in [1.54, 1.807) is 12.1 Å². The van der Waals surface area contributed by atoms with Gasteiger partial charge >= 0.3 is 5.97 Å². The average Bonchev–Trinajstić information content (AvgIpc) is 3.19. The summed E-state index contributed by atoms with van der Waals surface area (Å²) in [6.45, 7) is 0. The van der Waals surface area contributed by atoms with Crippen LogP contribution in [0.25, 0.3) is 21.2 Å². The summed E-state index contributed by atoms with van der Waals surface area (Å²) in [5.41, 5.74) is 1.55. The highest BCUT2D eigenvalue weighted by atomic mass is 32.2. The first-order chi connectivity index (χ1) is 13.8. The molecule has 0 bridgehead atoms. The van der Waals surface area contributed by atoms with Crippen LogP contribution in [0.5, 0.6) is 0 Å². The fraction of sp³-hybridized carbons (Fsp3) is 0.273. The number of carbonyl (C=O) groups excluding carboxylic acids is 1. The number of aliphatic carboxylic acids is 1. The predicted molar refractivity (Wildman–Crippen MR) is 114 cm³/mol. The van der Waals surface area contributed by atoms with E-state index in [1.807, 2.05) is 36.4 Å². The molecule has 1 N–H and O–H groups in total. The number of carboxylic acids is 1. The van der Waals surface area contributed by atoms with E-state index in [4.69, 9.17) is 0 Å². The molecule has 5 nitrogen and oxygen atoms in total. The number of aldehydes is 1. The van der Waals surface area contributed by atoms with Crippen LogP contribution in [0.4, 0.5) is 0 Å². The Labute approximate surface area is 172 Å². The van der Waals surface area contributed by atoms with Crippen LogP contribution in [-0.2, 0) is 19.4 Å². The van der Waals surface area contributed by atoms with Crippen molar-refractivity contribution < 1.29 is 23.1 Å². The molecule has 1 aliphatic rings. The molecule has 2 heterocycles. The molecule has 0 spiro atoms. The van der Waals surface area contributed by atoms with Crippen LogP contribution in [-0.4, -0.2) is 31.5 Å². The van der Waals surface area contributed by atoms with E-state index in [2.05, 4.69) is 0 Å². The highest BCUT2D eigenvalue weighted by Gasteiger charge is 2.49. The molecule has 0 saturated carbocycles. The molecule has 1 fully saturated rings. The largest absolute Gasteiger partial charge is 0.481 e. The molecule has 0 unspecified atom stereocenters. The number of rotatable bonds is 5. The zero-order chi connectivity index (χ0) is 20.6. The van der Waals surface area contributed by atoms with Gasteiger partial charge in [-0.3, -0.25) is 9.59 Å². The maximum atomic E-state index is 12.9. The molecule has 7 heteroatoms. The van der Waals surface area contributed by atoms with E-state index in [0.717, 1.165) is 27.5 Å². The third kappa shape index (κ3) is 3.49. The minimum Gasteiger partial charge on any atom is -0.481 e. The van der Waals surface area contributed by atoms with Gasteiger partial charge in [-0.1, -0.05) is 30.7 Å². The van der Waals surface area contributed by atoms with Gasteiger partial charge in [-0.25, -0.2) is 8.42 Å². The summed E-state index contributed by atoms with van der Waals surface area (Å²) in [5, 5.41) is 11.4. The van der Waals surface area contributed by atoms with Crippen LogP contribution >= 0.6 is 11.3 Å². The van der Waals surface area contributed by atoms with Crippen molar-refractivity contribution in [2.75, 3.05) is 5.75 Å². The standard InChI is InChI=1S/C22H20O5S2/c23-14-15-3-4-17-12-18(6-5-16(17)11-15)19-7-8-20(28-19)22(13-21(24)25)9-1-2-10-29(22,26)27/h3-8,11-12,14H,1-2,9-10,13H2,(H,24,25)/t22-/m0/s1. The van der Waals surface area contributed by atoms with Gasteiger partial charge in [-0.2, -0.15) is 0 Å². The van der Waals surface area contributed by atoms with Crippen LogP contribution in [0.15, 0.2) is 48.5 Å². The molecule has 1 aromatic heterocycles. The Bertz CT molecular complexity index is 1210. The number of hydrogen-bond acceptors (Lipinski definition) is 5. The summed E-state index contributed by atoms with van der Waals surface area (Å²) < 4.78 is 24.5. The predicted octanol–water partition coefficient (Wildman–Crippen LogP) is 4.65. The lowest BCUT2D eigenvalue weighted by molar-refractivity contribution is -0.137. The molecular formula is C22H20O5S2. The monoisotopic (exact) mass is 428 g/mol. The fourth-order valence-corrected chi connectivity index (χ4v) is 7.86. The van der Waals surface area contributed by atoms with Gasteiger partial charge in [-0.05, 0) is 53.4 Å². The second-order valence-corrected chi connectivity index (χ2v) is 10.9. The smallest absolute Gasteiger partial charge is 0.305 e. The van der Waals surface area contributed by atoms with Crippen LogP contribution in [0.3, 0.4) is 0 Å². The fourth-order valence-electron chi connectivity index (χ4n) is 4.09. The Morgan fingerprint density at radius 2 is 1.83 bits per heavy atom. The molecule has 0 aliphatic carbocycles. The minimum atomic E-state index is -3.55. The first-order valence-electron chi connectivity index (χ1n) is 9.38. The molecule has 29 heavy (non-hydrogen) atoms. The van der Waals surface area contributed by atoms with E-state index >= 15 is 0 Å². The van der Waals surface area contributed by atoms with Crippen molar-refractivity contribution in [3.63, 3.8) is 0 Å². The normalized spacial score (nSPS) is 21.1. The van der Waals surface area contributed by atoms with Crippen molar-refractivity contribution in [1.82, 2.24) is 0 Å². The zero-order valence-corrected chi connectivity index (χ0v) is 17.3. The van der Waals surface area contributed by atoms with Crippen LogP contribution in [0.2, 0.25) is 0 Å². The van der Waals surface area contributed by atoms with Crippen molar-refractivity contribution >= 4 is 44.2 Å². The highest BCUT2D eigenvalue weighted by molar-refractivity contribution is 7.92. The molecule has 3 aromatic rings. The molecule has 0 radical (unpaired) electrons. The van der Waals surface area contributed by atoms with Gasteiger partial charge in [0.1, 0.15) is 11.0 Å². The Morgan fingerprint density at radius 1 is 1.07 bits per heavy atom. The van der Waals surface area contributed by atoms with Crippen molar-refractivity contribution in [3.05, 3.63) is 59.0 Å². The summed E-state index contributed by atoms with van der Waals surface area (Å²) in [6, 6.07) is 15.0. The number of hydrogen-bond donors (Lipinski definition) is 1. The number of thiophene rings is 1. The van der Waals surface area contributed by atoms with Crippen molar-refractivity contribution in [2.24, 2.45) is 0 Å². The number of benzene rings is 2. The first-order valence-corrected chi connectivity index (χ1v) is 11.9. The molecule has 4 rings (SSSR count). The Kier molecular flexibility index (Phi) is 5.04. The quantitative estimate of drug-likeness (QED) is 0.598. The Hall–Kier alpha value is -2.51. The van der Waals surface area contributed by atoms with E-state index in [-0.39, 0.29) is 5.75 Å². The van der Waals surface area contributed by atoms with Crippen LogP contribution < -0.4 is 0 Å². The number of sulfone groups is 1. The molecule has 150 valence electrons. The summed E-state index contributed by atoms with van der Waals surface area (Å²) in [7, 11) is -3.55. The van der Waals surface area contributed by atoms with Crippen molar-refractivity contribution in [3.8, 4) is 10.4 Å². The minimum absolute atomic E-state index is 0.0303. The van der Waals surface area contributed by atoms with Crippen LogP contribution in [0.1, 0.15) is 40.9 Å².